The van der Waals surface area contributed by atoms with E-state index >= 15 is 0 Å². The number of aromatic nitrogens is 2. The number of nitrogens with zero attached hydrogens (tertiary/aromatic N) is 2. The molecule has 0 saturated carbocycles. The highest BCUT2D eigenvalue weighted by molar-refractivity contribution is 5.77. The van der Waals surface area contributed by atoms with E-state index in [9.17, 15) is 4.79 Å². The van der Waals surface area contributed by atoms with Crippen LogP contribution in [0.3, 0.4) is 0 Å². The van der Waals surface area contributed by atoms with E-state index in [-0.39, 0.29) is 6.42 Å². The smallest absolute Gasteiger partial charge is 0.309 e. The van der Waals surface area contributed by atoms with Crippen molar-refractivity contribution < 1.29 is 14.6 Å². The minimum absolute atomic E-state index is 0.0430. The molecule has 19 heavy (non-hydrogen) atoms. The molecule has 0 fully saturated rings. The summed E-state index contributed by atoms with van der Waals surface area (Å²) >= 11 is 0. The molecule has 2 rings (SSSR count). The fourth-order valence-corrected chi connectivity index (χ4v) is 2.19. The van der Waals surface area contributed by atoms with Gasteiger partial charge in [0.25, 0.3) is 0 Å². The Labute approximate surface area is 111 Å². The molecular weight excluding hydrogens is 244 g/mol. The van der Waals surface area contributed by atoms with Crippen molar-refractivity contribution >= 4 is 5.97 Å². The number of hydrogen-bond donors (Lipinski definition) is 1. The maximum atomic E-state index is 11.0. The van der Waals surface area contributed by atoms with Gasteiger partial charge in [-0.15, -0.1) is 0 Å². The number of aryl methyl sites for hydroxylation is 2. The Hall–Kier alpha value is -2.30. The topological polar surface area (TPSA) is 64.4 Å². The van der Waals surface area contributed by atoms with Crippen LogP contribution in [0.2, 0.25) is 0 Å². The summed E-state index contributed by atoms with van der Waals surface area (Å²) < 4.78 is 6.75. The lowest BCUT2D eigenvalue weighted by Gasteiger charge is -2.06. The lowest BCUT2D eigenvalue weighted by Crippen LogP contribution is -2.07. The van der Waals surface area contributed by atoms with Crippen LogP contribution in [-0.2, 0) is 18.3 Å². The van der Waals surface area contributed by atoms with Crippen LogP contribution < -0.4 is 4.74 Å². The van der Waals surface area contributed by atoms with E-state index in [4.69, 9.17) is 9.84 Å². The lowest BCUT2D eigenvalue weighted by molar-refractivity contribution is -0.136. The van der Waals surface area contributed by atoms with Gasteiger partial charge in [-0.05, 0) is 24.6 Å². The van der Waals surface area contributed by atoms with Gasteiger partial charge in [0.2, 0.25) is 0 Å². The molecule has 5 nitrogen and oxygen atoms in total. The van der Waals surface area contributed by atoms with E-state index in [1.54, 1.807) is 18.8 Å². The van der Waals surface area contributed by atoms with Crippen molar-refractivity contribution in [3.8, 4) is 16.9 Å². The van der Waals surface area contributed by atoms with Gasteiger partial charge >= 0.3 is 5.97 Å². The molecule has 0 aliphatic carbocycles. The summed E-state index contributed by atoms with van der Waals surface area (Å²) in [6.45, 7) is 1.88. The van der Waals surface area contributed by atoms with Gasteiger partial charge in [-0.3, -0.25) is 9.48 Å². The van der Waals surface area contributed by atoms with Crippen LogP contribution in [0.5, 0.6) is 5.75 Å². The number of rotatable bonds is 4. The van der Waals surface area contributed by atoms with Crippen LogP contribution in [0.1, 0.15) is 11.4 Å². The van der Waals surface area contributed by atoms with Crippen molar-refractivity contribution in [3.05, 3.63) is 35.7 Å². The number of methoxy groups -OCH3 is 1. The molecule has 0 spiro atoms. The Morgan fingerprint density at radius 2 is 2.00 bits per heavy atom. The van der Waals surface area contributed by atoms with E-state index in [1.165, 1.54) is 0 Å². The van der Waals surface area contributed by atoms with Gasteiger partial charge < -0.3 is 9.84 Å². The molecule has 0 bridgehead atoms. The normalized spacial score (nSPS) is 10.5. The fourth-order valence-electron chi connectivity index (χ4n) is 2.19. The SMILES string of the molecule is COc1ccc(-c2c(C)nn(C)c2CC(=O)O)cc1. The summed E-state index contributed by atoms with van der Waals surface area (Å²) in [5.41, 5.74) is 3.36. The molecule has 0 aliphatic rings. The molecule has 0 aliphatic heterocycles. The number of aliphatic carboxylic acids is 1. The van der Waals surface area contributed by atoms with Crippen LogP contribution in [-0.4, -0.2) is 28.0 Å². The van der Waals surface area contributed by atoms with Crippen LogP contribution >= 0.6 is 0 Å². The number of hydrogen-bond acceptors (Lipinski definition) is 3. The van der Waals surface area contributed by atoms with E-state index in [0.717, 1.165) is 22.6 Å². The van der Waals surface area contributed by atoms with Gasteiger partial charge in [-0.2, -0.15) is 5.10 Å². The zero-order valence-electron chi connectivity index (χ0n) is 11.2. The second kappa shape index (κ2) is 5.14. The first-order valence-electron chi connectivity index (χ1n) is 5.91. The van der Waals surface area contributed by atoms with Crippen molar-refractivity contribution in [1.29, 1.82) is 0 Å². The Balaban J connectivity index is 2.50. The molecule has 0 atom stereocenters. The molecule has 0 saturated heterocycles. The Morgan fingerprint density at radius 1 is 1.37 bits per heavy atom. The molecular formula is C14H16N2O3. The quantitative estimate of drug-likeness (QED) is 0.913. The second-order valence-corrected chi connectivity index (χ2v) is 4.33. The summed E-state index contributed by atoms with van der Waals surface area (Å²) in [5.74, 6) is -0.0946. The van der Waals surface area contributed by atoms with Crippen molar-refractivity contribution in [2.24, 2.45) is 7.05 Å². The van der Waals surface area contributed by atoms with E-state index in [1.807, 2.05) is 31.2 Å². The Kier molecular flexibility index (Phi) is 3.55. The third kappa shape index (κ3) is 2.59. The summed E-state index contributed by atoms with van der Waals surface area (Å²) in [7, 11) is 3.37. The molecule has 100 valence electrons. The molecule has 1 N–H and O–H groups in total. The monoisotopic (exact) mass is 260 g/mol. The first-order valence-corrected chi connectivity index (χ1v) is 5.91. The van der Waals surface area contributed by atoms with Gasteiger partial charge in [0, 0.05) is 12.6 Å². The highest BCUT2D eigenvalue weighted by Gasteiger charge is 2.17. The molecule has 2 aromatic rings. The molecule has 1 aromatic heterocycles. The number of carbonyl (C=O) groups is 1. The average Bonchev–Trinajstić information content (AvgIpc) is 2.64. The van der Waals surface area contributed by atoms with Gasteiger partial charge in [0.15, 0.2) is 0 Å². The maximum Gasteiger partial charge on any atom is 0.309 e. The van der Waals surface area contributed by atoms with Crippen LogP contribution in [0, 0.1) is 6.92 Å². The predicted molar refractivity (Wildman–Crippen MR) is 71.3 cm³/mol. The zero-order chi connectivity index (χ0) is 14.0. The predicted octanol–water partition coefficient (Wildman–Crippen LogP) is 2.03. The van der Waals surface area contributed by atoms with Crippen LogP contribution in [0.4, 0.5) is 0 Å². The van der Waals surface area contributed by atoms with Gasteiger partial charge in [-0.1, -0.05) is 12.1 Å². The summed E-state index contributed by atoms with van der Waals surface area (Å²) in [6, 6.07) is 7.53. The first-order chi connectivity index (χ1) is 9.02. The average molecular weight is 260 g/mol. The Morgan fingerprint density at radius 3 is 2.53 bits per heavy atom. The van der Waals surface area contributed by atoms with Gasteiger partial charge in [0.05, 0.1) is 24.9 Å². The molecule has 0 unspecified atom stereocenters. The highest BCUT2D eigenvalue weighted by atomic mass is 16.5. The van der Waals surface area contributed by atoms with Crippen molar-refractivity contribution in [1.82, 2.24) is 9.78 Å². The van der Waals surface area contributed by atoms with Gasteiger partial charge in [0.1, 0.15) is 5.75 Å². The molecule has 0 radical (unpaired) electrons. The van der Waals surface area contributed by atoms with Crippen molar-refractivity contribution in [3.63, 3.8) is 0 Å². The zero-order valence-corrected chi connectivity index (χ0v) is 11.2. The first kappa shape index (κ1) is 13.1. The molecule has 5 heteroatoms. The minimum Gasteiger partial charge on any atom is -0.497 e. The van der Waals surface area contributed by atoms with E-state index < -0.39 is 5.97 Å². The number of carboxylic acid groups (broad SMARTS) is 1. The summed E-state index contributed by atoms with van der Waals surface area (Å²) in [5, 5.41) is 13.3. The van der Waals surface area contributed by atoms with E-state index in [2.05, 4.69) is 5.10 Å². The fraction of sp³-hybridized carbons (Fsp3) is 0.286. The molecule has 0 amide bonds. The largest absolute Gasteiger partial charge is 0.497 e. The number of benzene rings is 1. The lowest BCUT2D eigenvalue weighted by atomic mass is 10.0. The van der Waals surface area contributed by atoms with Crippen LogP contribution in [0.25, 0.3) is 11.1 Å². The van der Waals surface area contributed by atoms with E-state index in [0.29, 0.717) is 5.69 Å². The third-order valence-corrected chi connectivity index (χ3v) is 3.04. The molecule has 1 aromatic carbocycles. The maximum absolute atomic E-state index is 11.0. The third-order valence-electron chi connectivity index (χ3n) is 3.04. The minimum atomic E-state index is -0.863. The second-order valence-electron chi connectivity index (χ2n) is 4.33. The standard InChI is InChI=1S/C14H16N2O3/c1-9-14(10-4-6-11(19-3)7-5-10)12(8-13(17)18)16(2)15-9/h4-7H,8H2,1-3H3,(H,17,18). The van der Waals surface area contributed by atoms with Crippen molar-refractivity contribution in [2.45, 2.75) is 13.3 Å². The van der Waals surface area contributed by atoms with Gasteiger partial charge in [-0.25, -0.2) is 0 Å². The summed E-state index contributed by atoms with van der Waals surface area (Å²) in [6.07, 6.45) is -0.0430. The molecule has 1 heterocycles. The van der Waals surface area contributed by atoms with Crippen LogP contribution in [0.15, 0.2) is 24.3 Å². The summed E-state index contributed by atoms with van der Waals surface area (Å²) in [4.78, 5) is 11.0. The van der Waals surface area contributed by atoms with Crippen molar-refractivity contribution in [2.75, 3.05) is 7.11 Å². The number of ether oxygens (including phenoxy) is 1. The highest BCUT2D eigenvalue weighted by Crippen LogP contribution is 2.28. The number of carboxylic acids is 1. The Bertz CT molecular complexity index is 600.